The number of nitrogens with two attached hydrogens (primary N) is 1. The topological polar surface area (TPSA) is 53.1 Å². The Hall–Kier alpha value is -1.58. The van der Waals surface area contributed by atoms with Crippen LogP contribution in [0.25, 0.3) is 0 Å². The number of anilines is 1. The molecule has 1 atom stereocenters. The van der Waals surface area contributed by atoms with Gasteiger partial charge in [0.05, 0.1) is 11.5 Å². The van der Waals surface area contributed by atoms with Gasteiger partial charge in [-0.15, -0.1) is 0 Å². The van der Waals surface area contributed by atoms with Crippen molar-refractivity contribution in [1.29, 1.82) is 5.41 Å². The van der Waals surface area contributed by atoms with Gasteiger partial charge in [0.15, 0.2) is 0 Å². The SMILES string of the molecule is CC(CN(C)c1ccccc1F)C(=N)N. The number of benzene rings is 1. The third-order valence-electron chi connectivity index (χ3n) is 2.34. The first-order valence-corrected chi connectivity index (χ1v) is 4.82. The molecule has 3 nitrogen and oxygen atoms in total. The zero-order valence-electron chi connectivity index (χ0n) is 9.00. The van der Waals surface area contributed by atoms with Crippen molar-refractivity contribution < 1.29 is 4.39 Å². The second-order valence-electron chi connectivity index (χ2n) is 3.69. The van der Waals surface area contributed by atoms with Crippen molar-refractivity contribution in [3.05, 3.63) is 30.1 Å². The van der Waals surface area contributed by atoms with Gasteiger partial charge in [0.25, 0.3) is 0 Å². The summed E-state index contributed by atoms with van der Waals surface area (Å²) in [5.74, 6) is -0.205. The fourth-order valence-corrected chi connectivity index (χ4v) is 1.37. The van der Waals surface area contributed by atoms with Crippen molar-refractivity contribution in [2.24, 2.45) is 11.7 Å². The van der Waals surface area contributed by atoms with Crippen LogP contribution in [0, 0.1) is 17.1 Å². The molecule has 0 bridgehead atoms. The standard InChI is InChI=1S/C11H16FN3/c1-8(11(13)14)7-15(2)10-6-4-3-5-9(10)12/h3-6,8H,7H2,1-2H3,(H3,13,14). The van der Waals surface area contributed by atoms with Crippen LogP contribution in [-0.2, 0) is 0 Å². The molecular weight excluding hydrogens is 193 g/mol. The fourth-order valence-electron chi connectivity index (χ4n) is 1.37. The van der Waals surface area contributed by atoms with Crippen LogP contribution in [0.1, 0.15) is 6.92 Å². The van der Waals surface area contributed by atoms with E-state index < -0.39 is 0 Å². The maximum absolute atomic E-state index is 13.4. The minimum Gasteiger partial charge on any atom is -0.387 e. The van der Waals surface area contributed by atoms with Gasteiger partial charge in [-0.3, -0.25) is 5.41 Å². The number of amidine groups is 1. The lowest BCUT2D eigenvalue weighted by atomic mass is 10.1. The normalized spacial score (nSPS) is 12.2. The monoisotopic (exact) mass is 209 g/mol. The molecule has 1 aromatic carbocycles. The van der Waals surface area contributed by atoms with E-state index in [0.717, 1.165) is 0 Å². The van der Waals surface area contributed by atoms with E-state index in [1.165, 1.54) is 6.07 Å². The molecule has 0 radical (unpaired) electrons. The van der Waals surface area contributed by atoms with Crippen LogP contribution in [0.3, 0.4) is 0 Å². The molecule has 0 saturated carbocycles. The largest absolute Gasteiger partial charge is 0.387 e. The first-order chi connectivity index (χ1) is 7.02. The van der Waals surface area contributed by atoms with Crippen molar-refractivity contribution in [1.82, 2.24) is 0 Å². The summed E-state index contributed by atoms with van der Waals surface area (Å²) in [5.41, 5.74) is 5.90. The molecule has 0 amide bonds. The molecule has 0 fully saturated rings. The minimum atomic E-state index is -0.254. The number of rotatable bonds is 4. The summed E-state index contributed by atoms with van der Waals surface area (Å²) in [7, 11) is 1.79. The highest BCUT2D eigenvalue weighted by atomic mass is 19.1. The summed E-state index contributed by atoms with van der Waals surface area (Å²) in [6, 6.07) is 6.57. The summed E-state index contributed by atoms with van der Waals surface area (Å²) in [4.78, 5) is 1.77. The zero-order chi connectivity index (χ0) is 11.4. The second-order valence-corrected chi connectivity index (χ2v) is 3.69. The molecule has 0 saturated heterocycles. The Labute approximate surface area is 89.2 Å². The Morgan fingerprint density at radius 2 is 2.13 bits per heavy atom. The number of para-hydroxylation sites is 1. The van der Waals surface area contributed by atoms with Gasteiger partial charge in [-0.25, -0.2) is 4.39 Å². The van der Waals surface area contributed by atoms with Gasteiger partial charge in [0.2, 0.25) is 0 Å². The van der Waals surface area contributed by atoms with Gasteiger partial charge in [-0.05, 0) is 12.1 Å². The Bertz CT molecular complexity index is 351. The van der Waals surface area contributed by atoms with E-state index in [2.05, 4.69) is 0 Å². The molecule has 1 unspecified atom stereocenters. The molecule has 4 heteroatoms. The molecule has 0 aromatic heterocycles. The molecule has 0 aliphatic heterocycles. The van der Waals surface area contributed by atoms with Crippen molar-refractivity contribution in [3.63, 3.8) is 0 Å². The smallest absolute Gasteiger partial charge is 0.146 e. The molecule has 0 heterocycles. The van der Waals surface area contributed by atoms with Crippen LogP contribution in [0.5, 0.6) is 0 Å². The van der Waals surface area contributed by atoms with Crippen LogP contribution in [0.4, 0.5) is 10.1 Å². The zero-order valence-corrected chi connectivity index (χ0v) is 9.00. The van der Waals surface area contributed by atoms with Crippen molar-refractivity contribution in [3.8, 4) is 0 Å². The summed E-state index contributed by atoms with van der Waals surface area (Å²) in [6.07, 6.45) is 0. The third-order valence-corrected chi connectivity index (χ3v) is 2.34. The van der Waals surface area contributed by atoms with Crippen LogP contribution < -0.4 is 10.6 Å². The van der Waals surface area contributed by atoms with Gasteiger partial charge < -0.3 is 10.6 Å². The Morgan fingerprint density at radius 3 is 2.67 bits per heavy atom. The molecule has 3 N–H and O–H groups in total. The summed E-state index contributed by atoms with van der Waals surface area (Å²) in [5, 5.41) is 7.27. The Balaban J connectivity index is 2.73. The van der Waals surface area contributed by atoms with Gasteiger partial charge in [-0.1, -0.05) is 19.1 Å². The van der Waals surface area contributed by atoms with Gasteiger partial charge in [-0.2, -0.15) is 0 Å². The summed E-state index contributed by atoms with van der Waals surface area (Å²) >= 11 is 0. The molecule has 82 valence electrons. The lowest BCUT2D eigenvalue weighted by molar-refractivity contribution is 0.616. The molecule has 1 aromatic rings. The van der Waals surface area contributed by atoms with Crippen LogP contribution in [0.2, 0.25) is 0 Å². The highest BCUT2D eigenvalue weighted by Gasteiger charge is 2.11. The Kier molecular flexibility index (Phi) is 3.66. The number of hydrogen-bond acceptors (Lipinski definition) is 2. The molecule has 1 rings (SSSR count). The highest BCUT2D eigenvalue weighted by molar-refractivity contribution is 5.79. The maximum Gasteiger partial charge on any atom is 0.146 e. The van der Waals surface area contributed by atoms with Crippen molar-refractivity contribution >= 4 is 11.5 Å². The lowest BCUT2D eigenvalue weighted by Crippen LogP contribution is -2.32. The predicted molar refractivity (Wildman–Crippen MR) is 60.7 cm³/mol. The second kappa shape index (κ2) is 4.77. The first-order valence-electron chi connectivity index (χ1n) is 4.82. The maximum atomic E-state index is 13.4. The summed E-state index contributed by atoms with van der Waals surface area (Å²) in [6.45, 7) is 2.38. The van der Waals surface area contributed by atoms with E-state index in [4.69, 9.17) is 11.1 Å². The van der Waals surface area contributed by atoms with Crippen molar-refractivity contribution in [2.75, 3.05) is 18.5 Å². The minimum absolute atomic E-state index is 0.0744. The number of nitrogens with zero attached hydrogens (tertiary/aromatic N) is 1. The van der Waals surface area contributed by atoms with Gasteiger partial charge in [0.1, 0.15) is 5.82 Å². The third kappa shape index (κ3) is 2.94. The van der Waals surface area contributed by atoms with Gasteiger partial charge in [0, 0.05) is 19.5 Å². The Morgan fingerprint density at radius 1 is 1.53 bits per heavy atom. The van der Waals surface area contributed by atoms with E-state index in [0.29, 0.717) is 12.2 Å². The predicted octanol–water partition coefficient (Wildman–Crippen LogP) is 1.83. The van der Waals surface area contributed by atoms with Crippen LogP contribution in [0.15, 0.2) is 24.3 Å². The van der Waals surface area contributed by atoms with Crippen LogP contribution >= 0.6 is 0 Å². The number of nitrogens with one attached hydrogen (secondary N) is 1. The van der Waals surface area contributed by atoms with E-state index in [1.807, 2.05) is 6.92 Å². The molecular formula is C11H16FN3. The quantitative estimate of drug-likeness (QED) is 0.587. The highest BCUT2D eigenvalue weighted by Crippen LogP contribution is 2.17. The van der Waals surface area contributed by atoms with E-state index in [9.17, 15) is 4.39 Å². The first kappa shape index (κ1) is 11.5. The molecule has 0 aliphatic carbocycles. The molecule has 0 aliphatic rings. The molecule has 0 spiro atoms. The average Bonchev–Trinajstić information content (AvgIpc) is 2.18. The number of halogens is 1. The fraction of sp³-hybridized carbons (Fsp3) is 0.364. The average molecular weight is 209 g/mol. The van der Waals surface area contributed by atoms with E-state index >= 15 is 0 Å². The van der Waals surface area contributed by atoms with E-state index in [1.54, 1.807) is 30.1 Å². The van der Waals surface area contributed by atoms with Crippen molar-refractivity contribution in [2.45, 2.75) is 6.92 Å². The molecule has 15 heavy (non-hydrogen) atoms. The number of hydrogen-bond donors (Lipinski definition) is 2. The summed E-state index contributed by atoms with van der Waals surface area (Å²) < 4.78 is 13.4. The van der Waals surface area contributed by atoms with Gasteiger partial charge >= 0.3 is 0 Å². The van der Waals surface area contributed by atoms with E-state index in [-0.39, 0.29) is 17.6 Å². The lowest BCUT2D eigenvalue weighted by Gasteiger charge is -2.23. The van der Waals surface area contributed by atoms with Crippen LogP contribution in [-0.4, -0.2) is 19.4 Å².